The monoisotopic (exact) mass is 335 g/mol. The Bertz CT molecular complexity index is 689. The van der Waals surface area contributed by atoms with Crippen LogP contribution in [0.2, 0.25) is 0 Å². The maximum atomic E-state index is 13.9. The van der Waals surface area contributed by atoms with Gasteiger partial charge in [-0.05, 0) is 30.7 Å². The molecule has 1 fully saturated rings. The van der Waals surface area contributed by atoms with Gasteiger partial charge in [-0.15, -0.1) is 0 Å². The molecule has 0 unspecified atom stereocenters. The normalized spacial score (nSPS) is 22.2. The number of hydrogen-bond acceptors (Lipinski definition) is 2. The number of urea groups is 1. The van der Waals surface area contributed by atoms with Crippen molar-refractivity contribution in [3.63, 3.8) is 0 Å². The van der Waals surface area contributed by atoms with Crippen LogP contribution in [0.3, 0.4) is 0 Å². The molecule has 3 amide bonds. The first-order valence-electron chi connectivity index (χ1n) is 7.91. The average Bonchev–Trinajstić information content (AvgIpc) is 2.95. The van der Waals surface area contributed by atoms with Crippen molar-refractivity contribution in [3.05, 3.63) is 35.9 Å². The number of halogens is 2. The van der Waals surface area contributed by atoms with Crippen LogP contribution in [0.25, 0.3) is 0 Å². The topological polar surface area (TPSA) is 61.4 Å². The highest BCUT2D eigenvalue weighted by atomic mass is 19.1. The molecule has 1 aromatic carbocycles. The number of allylic oxidation sites excluding steroid dienone is 2. The molecule has 7 heteroatoms. The lowest BCUT2D eigenvalue weighted by Crippen LogP contribution is -2.33. The molecule has 0 aromatic heterocycles. The zero-order chi connectivity index (χ0) is 17.3. The number of nitrogens with one attached hydrogen (secondary N) is 2. The molecule has 0 bridgehead atoms. The van der Waals surface area contributed by atoms with E-state index in [1.54, 1.807) is 4.90 Å². The van der Waals surface area contributed by atoms with Crippen molar-refractivity contribution in [2.75, 3.05) is 23.7 Å². The highest BCUT2D eigenvalue weighted by Crippen LogP contribution is 2.33. The number of rotatable bonds is 2. The van der Waals surface area contributed by atoms with E-state index in [0.29, 0.717) is 31.0 Å². The summed E-state index contributed by atoms with van der Waals surface area (Å²) in [6.45, 7) is 2.48. The third-order valence-corrected chi connectivity index (χ3v) is 4.52. The Morgan fingerprint density at radius 2 is 1.54 bits per heavy atom. The molecule has 0 saturated carbocycles. The Balaban J connectivity index is 1.71. The van der Waals surface area contributed by atoms with Crippen LogP contribution in [0.1, 0.15) is 19.8 Å². The van der Waals surface area contributed by atoms with E-state index in [4.69, 9.17) is 0 Å². The SMILES string of the molecule is CC(=O)Nc1cc(NC(=O)N2C[C@@H]3CC=CC[C@H]3C2)c(F)cc1F. The first-order valence-corrected chi connectivity index (χ1v) is 7.91. The summed E-state index contributed by atoms with van der Waals surface area (Å²) in [5, 5.41) is 4.75. The van der Waals surface area contributed by atoms with Gasteiger partial charge in [-0.3, -0.25) is 4.79 Å². The Morgan fingerprint density at radius 1 is 1.00 bits per heavy atom. The van der Waals surface area contributed by atoms with Gasteiger partial charge in [-0.25, -0.2) is 13.6 Å². The summed E-state index contributed by atoms with van der Waals surface area (Å²) in [6, 6.07) is 1.33. The molecule has 0 spiro atoms. The highest BCUT2D eigenvalue weighted by Gasteiger charge is 2.35. The number of carbonyl (C=O) groups excluding carboxylic acids is 2. The van der Waals surface area contributed by atoms with Crippen LogP contribution in [-0.2, 0) is 4.79 Å². The van der Waals surface area contributed by atoms with Crippen LogP contribution in [0.15, 0.2) is 24.3 Å². The van der Waals surface area contributed by atoms with E-state index in [1.807, 2.05) is 0 Å². The number of fused-ring (bicyclic) bond motifs is 1. The molecule has 5 nitrogen and oxygen atoms in total. The fourth-order valence-electron chi connectivity index (χ4n) is 3.31. The van der Waals surface area contributed by atoms with Crippen LogP contribution in [0.5, 0.6) is 0 Å². The molecule has 128 valence electrons. The minimum absolute atomic E-state index is 0.154. The molecule has 2 atom stereocenters. The van der Waals surface area contributed by atoms with Crippen molar-refractivity contribution < 1.29 is 18.4 Å². The van der Waals surface area contributed by atoms with Crippen LogP contribution in [0.4, 0.5) is 25.0 Å². The van der Waals surface area contributed by atoms with Crippen molar-refractivity contribution in [2.24, 2.45) is 11.8 Å². The van der Waals surface area contributed by atoms with Crippen LogP contribution >= 0.6 is 0 Å². The predicted octanol–water partition coefficient (Wildman–Crippen LogP) is 3.35. The molecule has 1 aliphatic heterocycles. The van der Waals surface area contributed by atoms with Crippen molar-refractivity contribution in [1.82, 2.24) is 4.90 Å². The fraction of sp³-hybridized carbons (Fsp3) is 0.412. The summed E-state index contributed by atoms with van der Waals surface area (Å²) in [4.78, 5) is 25.1. The maximum Gasteiger partial charge on any atom is 0.321 e. The number of nitrogens with zero attached hydrogens (tertiary/aromatic N) is 1. The van der Waals surface area contributed by atoms with E-state index in [9.17, 15) is 18.4 Å². The third-order valence-electron chi connectivity index (χ3n) is 4.52. The Morgan fingerprint density at radius 3 is 2.08 bits per heavy atom. The zero-order valence-corrected chi connectivity index (χ0v) is 13.3. The summed E-state index contributed by atoms with van der Waals surface area (Å²) in [5.41, 5.74) is -0.323. The first-order chi connectivity index (χ1) is 11.4. The predicted molar refractivity (Wildman–Crippen MR) is 86.6 cm³/mol. The minimum Gasteiger partial charge on any atom is -0.324 e. The Labute approximate surface area is 138 Å². The van der Waals surface area contributed by atoms with Gasteiger partial charge in [0, 0.05) is 26.1 Å². The fourth-order valence-corrected chi connectivity index (χ4v) is 3.31. The lowest BCUT2D eigenvalue weighted by Gasteiger charge is -2.18. The molecule has 3 rings (SSSR count). The molecular formula is C17H19F2N3O2. The lowest BCUT2D eigenvalue weighted by molar-refractivity contribution is -0.114. The van der Waals surface area contributed by atoms with Crippen molar-refractivity contribution >= 4 is 23.3 Å². The van der Waals surface area contributed by atoms with Gasteiger partial charge in [0.2, 0.25) is 5.91 Å². The van der Waals surface area contributed by atoms with E-state index in [-0.39, 0.29) is 11.4 Å². The highest BCUT2D eigenvalue weighted by molar-refractivity contribution is 5.93. The standard InChI is InChI=1S/C17H19F2N3O2/c1-10(23)20-15-7-16(14(19)6-13(15)18)21-17(24)22-8-11-4-2-3-5-12(11)9-22/h2-3,6-7,11-12H,4-5,8-9H2,1H3,(H,20,23)(H,21,24)/t11-,12-/m0/s1. The molecule has 1 aliphatic carbocycles. The number of carbonyl (C=O) groups is 2. The number of hydrogen-bond donors (Lipinski definition) is 2. The second-order valence-corrected chi connectivity index (χ2v) is 6.29. The van der Waals surface area contributed by atoms with Crippen LogP contribution in [0, 0.1) is 23.5 Å². The number of amides is 3. The molecule has 24 heavy (non-hydrogen) atoms. The summed E-state index contributed by atoms with van der Waals surface area (Å²) in [5.74, 6) is -1.37. The van der Waals surface area contributed by atoms with E-state index in [1.165, 1.54) is 6.92 Å². The molecule has 2 aliphatic rings. The van der Waals surface area contributed by atoms with Crippen molar-refractivity contribution in [2.45, 2.75) is 19.8 Å². The minimum atomic E-state index is -0.890. The second kappa shape index (κ2) is 6.59. The molecule has 1 aromatic rings. The summed E-state index contributed by atoms with van der Waals surface area (Å²) >= 11 is 0. The lowest BCUT2D eigenvalue weighted by atomic mass is 9.86. The summed E-state index contributed by atoms with van der Waals surface area (Å²) in [6.07, 6.45) is 6.15. The number of likely N-dealkylation sites (tertiary alicyclic amines) is 1. The third kappa shape index (κ3) is 3.39. The van der Waals surface area contributed by atoms with Crippen LogP contribution in [-0.4, -0.2) is 29.9 Å². The first kappa shape index (κ1) is 16.4. The van der Waals surface area contributed by atoms with Gasteiger partial charge < -0.3 is 15.5 Å². The quantitative estimate of drug-likeness (QED) is 0.814. The van der Waals surface area contributed by atoms with Crippen molar-refractivity contribution in [1.29, 1.82) is 0 Å². The summed E-state index contributed by atoms with van der Waals surface area (Å²) < 4.78 is 27.6. The van der Waals surface area contributed by atoms with Gasteiger partial charge in [0.1, 0.15) is 11.6 Å². The van der Waals surface area contributed by atoms with Crippen molar-refractivity contribution in [3.8, 4) is 0 Å². The zero-order valence-electron chi connectivity index (χ0n) is 13.3. The molecule has 2 N–H and O–H groups in total. The Kier molecular flexibility index (Phi) is 4.51. The van der Waals surface area contributed by atoms with E-state index in [2.05, 4.69) is 22.8 Å². The van der Waals surface area contributed by atoms with Crippen LogP contribution < -0.4 is 10.6 Å². The summed E-state index contributed by atoms with van der Waals surface area (Å²) in [7, 11) is 0. The van der Waals surface area contributed by atoms with E-state index < -0.39 is 23.6 Å². The molecule has 1 saturated heterocycles. The van der Waals surface area contributed by atoms with Gasteiger partial charge in [-0.2, -0.15) is 0 Å². The number of benzene rings is 1. The van der Waals surface area contributed by atoms with E-state index >= 15 is 0 Å². The van der Waals surface area contributed by atoms with E-state index in [0.717, 1.165) is 18.9 Å². The van der Waals surface area contributed by atoms with Gasteiger partial charge in [-0.1, -0.05) is 12.2 Å². The number of anilines is 2. The van der Waals surface area contributed by atoms with Gasteiger partial charge in [0.25, 0.3) is 0 Å². The molecular weight excluding hydrogens is 316 g/mol. The molecule has 1 heterocycles. The van der Waals surface area contributed by atoms with Gasteiger partial charge in [0.15, 0.2) is 0 Å². The Hall–Kier alpha value is -2.44. The molecule has 0 radical (unpaired) electrons. The average molecular weight is 335 g/mol. The van der Waals surface area contributed by atoms with Gasteiger partial charge >= 0.3 is 6.03 Å². The second-order valence-electron chi connectivity index (χ2n) is 6.29. The van der Waals surface area contributed by atoms with Gasteiger partial charge in [0.05, 0.1) is 11.4 Å². The maximum absolute atomic E-state index is 13.9. The largest absolute Gasteiger partial charge is 0.324 e. The smallest absolute Gasteiger partial charge is 0.321 e.